The van der Waals surface area contributed by atoms with Crippen molar-refractivity contribution in [2.75, 3.05) is 13.2 Å². The highest BCUT2D eigenvalue weighted by atomic mass is 16.3. The van der Waals surface area contributed by atoms with Crippen LogP contribution in [0.3, 0.4) is 0 Å². The van der Waals surface area contributed by atoms with Gasteiger partial charge in [0, 0.05) is 13.2 Å². The Balaban J connectivity index is 0.000000248. The van der Waals surface area contributed by atoms with Crippen molar-refractivity contribution in [2.45, 2.75) is 158 Å². The van der Waals surface area contributed by atoms with Gasteiger partial charge in [-0.3, -0.25) is 0 Å². The van der Waals surface area contributed by atoms with Gasteiger partial charge in [0.25, 0.3) is 0 Å². The minimum Gasteiger partial charge on any atom is -0.396 e. The lowest BCUT2D eigenvalue weighted by molar-refractivity contribution is 0.288. The average Bonchev–Trinajstić information content (AvgIpc) is 3.37. The maximum Gasteiger partial charge on any atom is 0.0434 e. The van der Waals surface area contributed by atoms with E-state index in [0.29, 0.717) is 0 Å². The number of aliphatic hydroxyl groups is 2. The lowest BCUT2D eigenvalue weighted by Crippen LogP contribution is -2.03. The van der Waals surface area contributed by atoms with Crippen molar-refractivity contribution in [3.63, 3.8) is 0 Å². The second-order valence-corrected chi connectivity index (χ2v) is 18.8. The molecule has 2 atom stereocenters. The number of benzene rings is 6. The van der Waals surface area contributed by atoms with Gasteiger partial charge in [-0.05, 0) is 153 Å². The molecule has 2 nitrogen and oxygen atoms in total. The summed E-state index contributed by atoms with van der Waals surface area (Å²) in [5, 5.41) is 18.2. The lowest BCUT2D eigenvalue weighted by Gasteiger charge is -2.16. The number of aryl methyl sites for hydroxylation is 5. The summed E-state index contributed by atoms with van der Waals surface area (Å²) in [6.07, 6.45) is 19.5. The Morgan fingerprint density at radius 3 is 1.17 bits per heavy atom. The Morgan fingerprint density at radius 1 is 0.348 bits per heavy atom. The molecule has 2 unspecified atom stereocenters. The Labute approximate surface area is 402 Å². The molecule has 0 aliphatic rings. The number of unbranched alkanes of at least 4 members (excludes halogenated alkanes) is 2. The molecule has 0 spiro atoms. The van der Waals surface area contributed by atoms with Gasteiger partial charge in [0.05, 0.1) is 0 Å². The van der Waals surface area contributed by atoms with Gasteiger partial charge >= 0.3 is 0 Å². The van der Waals surface area contributed by atoms with Crippen LogP contribution >= 0.6 is 0 Å². The van der Waals surface area contributed by atoms with Crippen LogP contribution < -0.4 is 0 Å². The maximum absolute atomic E-state index is 9.16. The fraction of sp³-hybridized carbons (Fsp3) is 0.438. The highest BCUT2D eigenvalue weighted by Crippen LogP contribution is 2.34. The number of aliphatic hydroxyl groups excluding tert-OH is 2. The fourth-order valence-corrected chi connectivity index (χ4v) is 9.68. The SMILES string of the molecule is CCCCC(CC)Cc1ccc(-c2ccc(-c3ccc(CCCO)cc3)c(CC)c2)cc1.CCCCC(CC)Cc1ccc(-c2ccc(-c3ccc(CCCO)cc3CC)cc2CC)cc1. The molecular formula is C64H84O2. The minimum absolute atomic E-state index is 0.252. The third kappa shape index (κ3) is 15.4. The van der Waals surface area contributed by atoms with Crippen LogP contribution in [0, 0.1) is 11.8 Å². The van der Waals surface area contributed by atoms with Crippen LogP contribution in [-0.2, 0) is 44.9 Å². The van der Waals surface area contributed by atoms with Gasteiger partial charge in [0.1, 0.15) is 0 Å². The second kappa shape index (κ2) is 28.4. The first kappa shape index (κ1) is 52.2. The summed E-state index contributed by atoms with van der Waals surface area (Å²) in [5.41, 5.74) is 20.3. The summed E-state index contributed by atoms with van der Waals surface area (Å²) in [4.78, 5) is 0. The highest BCUT2D eigenvalue weighted by Gasteiger charge is 2.13. The Hall–Kier alpha value is -4.76. The topological polar surface area (TPSA) is 40.5 Å². The lowest BCUT2D eigenvalue weighted by atomic mass is 9.89. The van der Waals surface area contributed by atoms with Gasteiger partial charge in [-0.2, -0.15) is 0 Å². The van der Waals surface area contributed by atoms with Crippen molar-refractivity contribution in [3.05, 3.63) is 166 Å². The van der Waals surface area contributed by atoms with Crippen molar-refractivity contribution in [3.8, 4) is 44.5 Å². The molecule has 0 bridgehead atoms. The van der Waals surface area contributed by atoms with E-state index in [2.05, 4.69) is 176 Å². The Bertz CT molecular complexity index is 2280. The van der Waals surface area contributed by atoms with Crippen molar-refractivity contribution < 1.29 is 10.2 Å². The predicted octanol–water partition coefficient (Wildman–Crippen LogP) is 17.1. The van der Waals surface area contributed by atoms with Crippen LogP contribution in [0.1, 0.15) is 152 Å². The van der Waals surface area contributed by atoms with Crippen LogP contribution in [0.25, 0.3) is 44.5 Å². The summed E-state index contributed by atoms with van der Waals surface area (Å²) in [7, 11) is 0. The van der Waals surface area contributed by atoms with Crippen molar-refractivity contribution in [2.24, 2.45) is 11.8 Å². The molecule has 0 radical (unpaired) electrons. The first-order valence-electron chi connectivity index (χ1n) is 26.2. The predicted molar refractivity (Wildman–Crippen MR) is 288 cm³/mol. The van der Waals surface area contributed by atoms with Crippen LogP contribution in [0.4, 0.5) is 0 Å². The molecule has 6 aromatic carbocycles. The molecule has 0 aromatic heterocycles. The van der Waals surface area contributed by atoms with E-state index in [1.54, 1.807) is 0 Å². The highest BCUT2D eigenvalue weighted by molar-refractivity contribution is 5.76. The molecule has 66 heavy (non-hydrogen) atoms. The van der Waals surface area contributed by atoms with E-state index in [0.717, 1.165) is 56.8 Å². The minimum atomic E-state index is 0.252. The first-order chi connectivity index (χ1) is 32.3. The fourth-order valence-electron chi connectivity index (χ4n) is 9.68. The van der Waals surface area contributed by atoms with Gasteiger partial charge < -0.3 is 10.2 Å². The van der Waals surface area contributed by atoms with Crippen LogP contribution in [0.2, 0.25) is 0 Å². The molecule has 0 aliphatic heterocycles. The van der Waals surface area contributed by atoms with Crippen LogP contribution in [-0.4, -0.2) is 23.4 Å². The molecule has 0 amide bonds. The van der Waals surface area contributed by atoms with Crippen molar-refractivity contribution in [1.29, 1.82) is 0 Å². The van der Waals surface area contributed by atoms with Gasteiger partial charge in [-0.1, -0.05) is 227 Å². The number of hydrogen-bond donors (Lipinski definition) is 2. The molecular weight excluding hydrogens is 801 g/mol. The Kier molecular flexibility index (Phi) is 22.5. The molecule has 6 aromatic rings. The van der Waals surface area contributed by atoms with Gasteiger partial charge in [-0.25, -0.2) is 0 Å². The first-order valence-corrected chi connectivity index (χ1v) is 26.2. The van der Waals surface area contributed by atoms with E-state index in [9.17, 15) is 0 Å². The molecule has 0 heterocycles. The van der Waals surface area contributed by atoms with Crippen molar-refractivity contribution in [1.82, 2.24) is 0 Å². The molecule has 0 fully saturated rings. The number of hydrogen-bond acceptors (Lipinski definition) is 2. The quantitative estimate of drug-likeness (QED) is 0.0601. The van der Waals surface area contributed by atoms with E-state index in [4.69, 9.17) is 10.2 Å². The monoisotopic (exact) mass is 885 g/mol. The van der Waals surface area contributed by atoms with Crippen LogP contribution in [0.5, 0.6) is 0 Å². The summed E-state index contributed by atoms with van der Waals surface area (Å²) >= 11 is 0. The maximum atomic E-state index is 9.16. The largest absolute Gasteiger partial charge is 0.396 e. The molecule has 6 rings (SSSR count). The summed E-state index contributed by atoms with van der Waals surface area (Å²) in [5.74, 6) is 1.61. The summed E-state index contributed by atoms with van der Waals surface area (Å²) in [6, 6.07) is 48.2. The second-order valence-electron chi connectivity index (χ2n) is 18.8. The van der Waals surface area contributed by atoms with Crippen LogP contribution in [0.15, 0.2) is 127 Å². The summed E-state index contributed by atoms with van der Waals surface area (Å²) in [6.45, 7) is 16.5. The van der Waals surface area contributed by atoms with E-state index >= 15 is 0 Å². The van der Waals surface area contributed by atoms with E-state index in [1.807, 2.05) is 0 Å². The summed E-state index contributed by atoms with van der Waals surface area (Å²) < 4.78 is 0. The van der Waals surface area contributed by atoms with Gasteiger partial charge in [0.15, 0.2) is 0 Å². The Morgan fingerprint density at radius 2 is 0.712 bits per heavy atom. The normalized spacial score (nSPS) is 12.1. The standard InChI is InChI=1S/C33H44O.C31H40O/c1-5-9-11-25(6-2)22-27-13-16-30(17-14-27)32-20-18-31(24-29(32)8-4)33-19-15-26(12-10-21-34)23-28(33)7-3;1-4-7-9-24(5-2)22-26-13-15-28(16-14-26)30-19-20-31(27(6-3)23-30)29-17-11-25(12-18-29)10-8-21-32/h13-20,23-25,34H,5-12,21-22H2,1-4H3;11-20,23-24,32H,4-10,21-22H2,1-3H3. The zero-order valence-electron chi connectivity index (χ0n) is 42.1. The molecule has 0 saturated carbocycles. The molecule has 0 aliphatic carbocycles. The van der Waals surface area contributed by atoms with E-state index in [1.165, 1.54) is 148 Å². The zero-order chi connectivity index (χ0) is 47.1. The average molecular weight is 885 g/mol. The van der Waals surface area contributed by atoms with E-state index in [-0.39, 0.29) is 13.2 Å². The van der Waals surface area contributed by atoms with Crippen molar-refractivity contribution >= 4 is 0 Å². The van der Waals surface area contributed by atoms with E-state index < -0.39 is 0 Å². The molecule has 2 N–H and O–H groups in total. The van der Waals surface area contributed by atoms with Gasteiger partial charge in [0.2, 0.25) is 0 Å². The molecule has 2 heteroatoms. The number of rotatable bonds is 25. The molecule has 0 saturated heterocycles. The van der Waals surface area contributed by atoms with Gasteiger partial charge in [-0.15, -0.1) is 0 Å². The zero-order valence-corrected chi connectivity index (χ0v) is 42.1. The third-order valence-electron chi connectivity index (χ3n) is 14.0. The smallest absolute Gasteiger partial charge is 0.0434 e. The molecule has 352 valence electrons. The third-order valence-corrected chi connectivity index (χ3v) is 14.0.